The molecule has 1 aliphatic rings. The molecule has 3 heterocycles. The van der Waals surface area contributed by atoms with Gasteiger partial charge in [0.25, 0.3) is 0 Å². The summed E-state index contributed by atoms with van der Waals surface area (Å²) in [4.78, 5) is 2.37. The zero-order chi connectivity index (χ0) is 25.8. The second-order valence-electron chi connectivity index (χ2n) is 10.2. The highest BCUT2D eigenvalue weighted by Crippen LogP contribution is 2.43. The molecule has 186 valence electrons. The van der Waals surface area contributed by atoms with Gasteiger partial charge in [-0.05, 0) is 65.9 Å². The Bertz CT molecular complexity index is 1840. The summed E-state index contributed by atoms with van der Waals surface area (Å²) < 4.78 is 24.6. The maximum atomic E-state index is 15.8. The van der Waals surface area contributed by atoms with Crippen molar-refractivity contribution in [2.75, 3.05) is 11.4 Å². The molecule has 0 amide bonds. The van der Waals surface area contributed by atoms with Gasteiger partial charge in [-0.3, -0.25) is 0 Å². The second kappa shape index (κ2) is 8.84. The number of pyridine rings is 1. The Hall–Kier alpha value is -4.44. The monoisotopic (exact) mass is 499 g/mol. The molecule has 0 unspecified atom stereocenters. The molecule has 3 nitrogen and oxygen atoms in total. The van der Waals surface area contributed by atoms with Crippen LogP contribution < -0.4 is 9.47 Å². The summed E-state index contributed by atoms with van der Waals surface area (Å²) in [6.07, 6.45) is 2.96. The number of para-hydroxylation sites is 1. The number of halogens is 1. The smallest absolute Gasteiger partial charge is 0.216 e. The van der Waals surface area contributed by atoms with E-state index in [-0.39, 0.29) is 5.82 Å². The van der Waals surface area contributed by atoms with Crippen LogP contribution in [-0.4, -0.2) is 6.54 Å². The molecule has 0 saturated carbocycles. The number of nitrogens with zero attached hydrogens (tertiary/aromatic N) is 2. The third-order valence-electron chi connectivity index (χ3n) is 7.94. The number of aromatic nitrogens is 1. The third kappa shape index (κ3) is 3.52. The lowest BCUT2D eigenvalue weighted by Crippen LogP contribution is -2.30. The van der Waals surface area contributed by atoms with E-state index >= 15 is 4.39 Å². The van der Waals surface area contributed by atoms with E-state index in [2.05, 4.69) is 64.9 Å². The van der Waals surface area contributed by atoms with Crippen molar-refractivity contribution in [1.82, 2.24) is 0 Å². The van der Waals surface area contributed by atoms with Gasteiger partial charge in [-0.25, -0.2) is 8.96 Å². The Kier molecular flexibility index (Phi) is 5.29. The summed E-state index contributed by atoms with van der Waals surface area (Å²) in [6.45, 7) is 3.77. The Morgan fingerprint density at radius 2 is 1.55 bits per heavy atom. The van der Waals surface area contributed by atoms with E-state index in [1.807, 2.05) is 49.6 Å². The summed E-state index contributed by atoms with van der Waals surface area (Å²) >= 11 is 0. The molecule has 0 saturated heterocycles. The van der Waals surface area contributed by atoms with Crippen LogP contribution in [0.2, 0.25) is 0 Å². The number of fused-ring (bicyclic) bond motifs is 4. The molecule has 6 aromatic rings. The first-order valence-corrected chi connectivity index (χ1v) is 13.1. The molecule has 0 fully saturated rings. The number of anilines is 1. The minimum absolute atomic E-state index is 0.259. The van der Waals surface area contributed by atoms with Gasteiger partial charge in [0, 0.05) is 41.7 Å². The molecule has 0 radical (unpaired) electrons. The number of hydrogen-bond donors (Lipinski definition) is 0. The van der Waals surface area contributed by atoms with Crippen LogP contribution in [0.25, 0.3) is 44.3 Å². The van der Waals surface area contributed by atoms with Gasteiger partial charge in [-0.15, -0.1) is 0 Å². The van der Waals surface area contributed by atoms with Gasteiger partial charge in [0.15, 0.2) is 6.20 Å². The summed E-state index contributed by atoms with van der Waals surface area (Å²) in [5, 5.41) is 1.94. The van der Waals surface area contributed by atoms with Crippen LogP contribution in [0, 0.1) is 12.7 Å². The Morgan fingerprint density at radius 1 is 0.789 bits per heavy atom. The SMILES string of the molecule is Cc1ccc2c(oc3c(-c4cccc5c4CN(c4ccccc4)CC5)c(F)ccc32)c1-c1cccc[n+]1C. The van der Waals surface area contributed by atoms with E-state index in [0.717, 1.165) is 58.3 Å². The molecule has 0 aliphatic carbocycles. The molecule has 4 heteroatoms. The molecule has 0 bridgehead atoms. The molecule has 0 spiro atoms. The second-order valence-corrected chi connectivity index (χ2v) is 10.2. The van der Waals surface area contributed by atoms with Gasteiger partial charge in [0.2, 0.25) is 5.69 Å². The molecule has 38 heavy (non-hydrogen) atoms. The molecule has 1 aliphatic heterocycles. The van der Waals surface area contributed by atoms with Crippen molar-refractivity contribution in [1.29, 1.82) is 0 Å². The first-order valence-electron chi connectivity index (χ1n) is 13.1. The van der Waals surface area contributed by atoms with Crippen LogP contribution in [0.15, 0.2) is 102 Å². The van der Waals surface area contributed by atoms with Crippen LogP contribution in [0.3, 0.4) is 0 Å². The lowest BCUT2D eigenvalue weighted by atomic mass is 9.90. The topological polar surface area (TPSA) is 20.3 Å². The van der Waals surface area contributed by atoms with Crippen LogP contribution in [-0.2, 0) is 20.0 Å². The van der Waals surface area contributed by atoms with E-state index in [9.17, 15) is 0 Å². The minimum atomic E-state index is -0.259. The molecule has 4 aromatic carbocycles. The lowest BCUT2D eigenvalue weighted by Gasteiger charge is -2.32. The summed E-state index contributed by atoms with van der Waals surface area (Å²) in [6, 6.07) is 30.5. The maximum absolute atomic E-state index is 15.8. The fourth-order valence-corrected chi connectivity index (χ4v) is 6.00. The van der Waals surface area contributed by atoms with E-state index in [1.165, 1.54) is 16.8 Å². The summed E-state index contributed by atoms with van der Waals surface area (Å²) in [5.41, 5.74) is 9.71. The Morgan fingerprint density at radius 3 is 2.37 bits per heavy atom. The zero-order valence-corrected chi connectivity index (χ0v) is 21.5. The first-order chi connectivity index (χ1) is 18.6. The summed E-state index contributed by atoms with van der Waals surface area (Å²) in [7, 11) is 2.04. The average molecular weight is 500 g/mol. The molecular weight excluding hydrogens is 471 g/mol. The highest BCUT2D eigenvalue weighted by atomic mass is 19.1. The highest BCUT2D eigenvalue weighted by molar-refractivity contribution is 6.13. The number of furan rings is 1. The van der Waals surface area contributed by atoms with Gasteiger partial charge in [-0.1, -0.05) is 48.5 Å². The van der Waals surface area contributed by atoms with Crippen LogP contribution in [0.5, 0.6) is 0 Å². The largest absolute Gasteiger partial charge is 0.454 e. The minimum Gasteiger partial charge on any atom is -0.454 e. The number of hydrogen-bond acceptors (Lipinski definition) is 2. The highest BCUT2D eigenvalue weighted by Gasteiger charge is 2.26. The van der Waals surface area contributed by atoms with E-state index in [0.29, 0.717) is 11.1 Å². The molecule has 2 aromatic heterocycles. The van der Waals surface area contributed by atoms with Crippen LogP contribution in [0.1, 0.15) is 16.7 Å². The average Bonchev–Trinajstić information content (AvgIpc) is 3.32. The van der Waals surface area contributed by atoms with Crippen LogP contribution >= 0.6 is 0 Å². The van der Waals surface area contributed by atoms with E-state index < -0.39 is 0 Å². The van der Waals surface area contributed by atoms with Crippen molar-refractivity contribution < 1.29 is 13.4 Å². The van der Waals surface area contributed by atoms with Gasteiger partial charge in [0.05, 0.1) is 11.1 Å². The van der Waals surface area contributed by atoms with Gasteiger partial charge in [-0.2, -0.15) is 0 Å². The van der Waals surface area contributed by atoms with E-state index in [4.69, 9.17) is 4.42 Å². The van der Waals surface area contributed by atoms with Crippen molar-refractivity contribution in [3.8, 4) is 22.4 Å². The predicted molar refractivity (Wildman–Crippen MR) is 152 cm³/mol. The normalized spacial score (nSPS) is 13.3. The first kappa shape index (κ1) is 22.7. The summed E-state index contributed by atoms with van der Waals surface area (Å²) in [5.74, 6) is -0.259. The fraction of sp³-hybridized carbons (Fsp3) is 0.147. The predicted octanol–water partition coefficient (Wildman–Crippen LogP) is 7.75. The standard InChI is InChI=1S/C34H28FN2O/c1-22-14-15-26-27-16-17-29(35)32(34(27)38-33(26)31(22)30-13-6-7-19-36(30)2)25-12-8-9-23-18-20-37(21-28(23)25)24-10-4-3-5-11-24/h3-17,19H,18,20-21H2,1-2H3/q+1. The van der Waals surface area contributed by atoms with Crippen molar-refractivity contribution in [2.24, 2.45) is 7.05 Å². The zero-order valence-electron chi connectivity index (χ0n) is 21.5. The van der Waals surface area contributed by atoms with Crippen molar-refractivity contribution in [3.05, 3.63) is 120 Å². The molecule has 0 N–H and O–H groups in total. The number of aryl methyl sites for hydroxylation is 2. The van der Waals surface area contributed by atoms with Crippen molar-refractivity contribution in [3.63, 3.8) is 0 Å². The fourth-order valence-electron chi connectivity index (χ4n) is 6.00. The van der Waals surface area contributed by atoms with E-state index in [1.54, 1.807) is 6.07 Å². The molecule has 0 atom stereocenters. The van der Waals surface area contributed by atoms with Gasteiger partial charge < -0.3 is 9.32 Å². The van der Waals surface area contributed by atoms with Gasteiger partial charge in [0.1, 0.15) is 24.0 Å². The maximum Gasteiger partial charge on any atom is 0.216 e. The Balaban J connectivity index is 1.47. The molecular formula is C34H28FN2O+. The molecule has 7 rings (SSSR count). The third-order valence-corrected chi connectivity index (χ3v) is 7.94. The van der Waals surface area contributed by atoms with Gasteiger partial charge >= 0.3 is 0 Å². The van der Waals surface area contributed by atoms with Crippen molar-refractivity contribution >= 4 is 27.6 Å². The quantitative estimate of drug-likeness (QED) is 0.232. The van der Waals surface area contributed by atoms with Crippen molar-refractivity contribution in [2.45, 2.75) is 19.9 Å². The lowest BCUT2D eigenvalue weighted by molar-refractivity contribution is -0.660. The number of benzene rings is 4. The Labute approximate surface area is 221 Å². The number of rotatable bonds is 3. The van der Waals surface area contributed by atoms with Crippen LogP contribution in [0.4, 0.5) is 10.1 Å².